The van der Waals surface area contributed by atoms with E-state index < -0.39 is 0 Å². The zero-order valence-corrected chi connectivity index (χ0v) is 13.2. The Hall–Kier alpha value is -0.670. The van der Waals surface area contributed by atoms with Gasteiger partial charge >= 0.3 is 0 Å². The van der Waals surface area contributed by atoms with Crippen molar-refractivity contribution in [1.82, 2.24) is 0 Å². The molecule has 0 heterocycles. The number of carbonyl (C=O) groups is 1. The van der Waals surface area contributed by atoms with Gasteiger partial charge in [0.1, 0.15) is 5.76 Å². The Morgan fingerprint density at radius 3 is 2.44 bits per heavy atom. The van der Waals surface area contributed by atoms with Crippen LogP contribution in [0.25, 0.3) is 0 Å². The first-order valence-electron chi connectivity index (χ1n) is 5.75. The normalized spacial score (nSPS) is 13.4. The van der Waals surface area contributed by atoms with Gasteiger partial charge in [0, 0.05) is 9.65 Å². The molecule has 0 aromatic rings. The zero-order valence-electron chi connectivity index (χ0n) is 11.7. The van der Waals surface area contributed by atoms with Gasteiger partial charge in [-0.15, -0.1) is 11.8 Å². The van der Waals surface area contributed by atoms with Crippen LogP contribution in [0.3, 0.4) is 0 Å². The van der Waals surface area contributed by atoms with E-state index in [1.165, 1.54) is 18.9 Å². The van der Waals surface area contributed by atoms with E-state index in [-0.39, 0.29) is 10.5 Å². The van der Waals surface area contributed by atoms with Crippen molar-refractivity contribution in [2.45, 2.75) is 38.9 Å². The number of halogens is 1. The van der Waals surface area contributed by atoms with Gasteiger partial charge in [0.2, 0.25) is 0 Å². The second-order valence-corrected chi connectivity index (χ2v) is 6.46. The quantitative estimate of drug-likeness (QED) is 0.387. The van der Waals surface area contributed by atoms with Gasteiger partial charge in [-0.3, -0.25) is 4.79 Å². The molecule has 0 aromatic heterocycles. The average Bonchev–Trinajstić information content (AvgIpc) is 2.26. The van der Waals surface area contributed by atoms with Crippen LogP contribution in [-0.2, 0) is 9.53 Å². The van der Waals surface area contributed by atoms with E-state index in [0.717, 1.165) is 11.3 Å². The highest BCUT2D eigenvalue weighted by atomic mass is 35.5. The van der Waals surface area contributed by atoms with Crippen LogP contribution >= 0.6 is 23.4 Å². The number of allylic oxidation sites excluding steroid dienone is 3. The molecule has 0 aliphatic heterocycles. The molecular weight excluding hydrogens is 268 g/mol. The van der Waals surface area contributed by atoms with Crippen LogP contribution in [0.2, 0.25) is 0 Å². The SMILES string of the molecule is C=C(OC)/C(Cl)=C\C(C)(C)S/C(=C\CC)C(C)=O. The minimum Gasteiger partial charge on any atom is -0.496 e. The van der Waals surface area contributed by atoms with Crippen molar-refractivity contribution < 1.29 is 9.53 Å². The summed E-state index contributed by atoms with van der Waals surface area (Å²) >= 11 is 7.56. The molecule has 0 saturated carbocycles. The molecule has 0 aromatic carbocycles. The first-order valence-corrected chi connectivity index (χ1v) is 6.94. The largest absolute Gasteiger partial charge is 0.496 e. The summed E-state index contributed by atoms with van der Waals surface area (Å²) in [6, 6.07) is 0. The molecule has 0 rings (SSSR count). The number of Topliss-reactive ketones (excluding diaryl/α,β-unsaturated/α-hetero) is 1. The van der Waals surface area contributed by atoms with Crippen LogP contribution < -0.4 is 0 Å². The summed E-state index contributed by atoms with van der Waals surface area (Å²) in [6.45, 7) is 11.3. The van der Waals surface area contributed by atoms with Crippen molar-refractivity contribution in [3.63, 3.8) is 0 Å². The fourth-order valence-electron chi connectivity index (χ4n) is 1.24. The Bertz CT molecular complexity index is 381. The fraction of sp³-hybridized carbons (Fsp3) is 0.500. The Morgan fingerprint density at radius 1 is 1.50 bits per heavy atom. The smallest absolute Gasteiger partial charge is 0.165 e. The van der Waals surface area contributed by atoms with Crippen LogP contribution in [0.15, 0.2) is 34.4 Å². The Morgan fingerprint density at radius 2 is 2.06 bits per heavy atom. The molecule has 0 atom stereocenters. The molecule has 0 radical (unpaired) electrons. The van der Waals surface area contributed by atoms with Crippen LogP contribution in [-0.4, -0.2) is 17.6 Å². The number of ether oxygens (including phenoxy) is 1. The second-order valence-electron chi connectivity index (χ2n) is 4.36. The highest BCUT2D eigenvalue weighted by Gasteiger charge is 2.21. The molecule has 18 heavy (non-hydrogen) atoms. The third-order valence-electron chi connectivity index (χ3n) is 2.10. The average molecular weight is 289 g/mol. The molecule has 0 bridgehead atoms. The summed E-state index contributed by atoms with van der Waals surface area (Å²) in [7, 11) is 1.52. The molecule has 4 heteroatoms. The van der Waals surface area contributed by atoms with Crippen molar-refractivity contribution in [2.24, 2.45) is 0 Å². The summed E-state index contributed by atoms with van der Waals surface area (Å²) in [5, 5.41) is 0.467. The standard InChI is InChI=1S/C14H21ClO2S/c1-7-8-13(10(2)16)18-14(4,5)9-12(15)11(3)17-6/h8-9H,3,7H2,1-2,4-6H3/b12-9+,13-8-. The van der Waals surface area contributed by atoms with Crippen molar-refractivity contribution in [3.8, 4) is 0 Å². The van der Waals surface area contributed by atoms with E-state index in [4.69, 9.17) is 16.3 Å². The Balaban J connectivity index is 5.00. The molecular formula is C14H21ClO2S. The maximum Gasteiger partial charge on any atom is 0.165 e. The van der Waals surface area contributed by atoms with Crippen molar-refractivity contribution in [3.05, 3.63) is 34.4 Å². The summed E-state index contributed by atoms with van der Waals surface area (Å²) < 4.78 is 4.67. The van der Waals surface area contributed by atoms with Gasteiger partial charge in [-0.05, 0) is 33.3 Å². The van der Waals surface area contributed by atoms with Gasteiger partial charge in [-0.1, -0.05) is 31.2 Å². The first-order chi connectivity index (χ1) is 8.23. The third kappa shape index (κ3) is 6.31. The highest BCUT2D eigenvalue weighted by Crippen LogP contribution is 2.35. The fourth-order valence-corrected chi connectivity index (χ4v) is 2.79. The van der Waals surface area contributed by atoms with Gasteiger partial charge in [0.05, 0.1) is 12.1 Å². The summed E-state index contributed by atoms with van der Waals surface area (Å²) in [5.41, 5.74) is 0. The first kappa shape index (κ1) is 17.3. The van der Waals surface area contributed by atoms with Crippen LogP contribution in [0, 0.1) is 0 Å². The van der Waals surface area contributed by atoms with Gasteiger partial charge < -0.3 is 4.74 Å². The topological polar surface area (TPSA) is 26.3 Å². The lowest BCUT2D eigenvalue weighted by molar-refractivity contribution is -0.113. The molecule has 2 nitrogen and oxygen atoms in total. The van der Waals surface area contributed by atoms with E-state index in [9.17, 15) is 4.79 Å². The molecule has 0 N–H and O–H groups in total. The predicted octanol–water partition coefficient (Wildman–Crippen LogP) is 4.66. The monoisotopic (exact) mass is 288 g/mol. The van der Waals surface area contributed by atoms with E-state index in [2.05, 4.69) is 6.58 Å². The lowest BCUT2D eigenvalue weighted by Gasteiger charge is -2.21. The second kappa shape index (κ2) is 7.70. The molecule has 0 fully saturated rings. The van der Waals surface area contributed by atoms with Crippen molar-refractivity contribution in [1.29, 1.82) is 0 Å². The zero-order chi connectivity index (χ0) is 14.3. The van der Waals surface area contributed by atoms with Gasteiger partial charge in [-0.2, -0.15) is 0 Å². The number of methoxy groups -OCH3 is 1. The van der Waals surface area contributed by atoms with Crippen LogP contribution in [0.4, 0.5) is 0 Å². The third-order valence-corrected chi connectivity index (χ3v) is 3.73. The lowest BCUT2D eigenvalue weighted by atomic mass is 10.2. The van der Waals surface area contributed by atoms with Crippen molar-refractivity contribution >= 4 is 29.1 Å². The minimum atomic E-state index is -0.300. The highest BCUT2D eigenvalue weighted by molar-refractivity contribution is 8.05. The number of thioether (sulfide) groups is 1. The number of hydrogen-bond donors (Lipinski definition) is 0. The molecule has 0 aliphatic carbocycles. The van der Waals surface area contributed by atoms with E-state index >= 15 is 0 Å². The van der Waals surface area contributed by atoms with Gasteiger partial charge in [0.15, 0.2) is 5.78 Å². The van der Waals surface area contributed by atoms with Crippen LogP contribution in [0.1, 0.15) is 34.1 Å². The lowest BCUT2D eigenvalue weighted by Crippen LogP contribution is -2.13. The molecule has 102 valence electrons. The Labute approximate surface area is 119 Å². The minimum absolute atomic E-state index is 0.0741. The molecule has 0 spiro atoms. The van der Waals surface area contributed by atoms with Gasteiger partial charge in [0.25, 0.3) is 0 Å². The maximum absolute atomic E-state index is 11.5. The number of rotatable bonds is 7. The maximum atomic E-state index is 11.5. The molecule has 0 unspecified atom stereocenters. The Kier molecular flexibility index (Phi) is 7.41. The molecule has 0 amide bonds. The van der Waals surface area contributed by atoms with E-state index in [1.807, 2.05) is 32.9 Å². The van der Waals surface area contributed by atoms with E-state index in [1.54, 1.807) is 6.92 Å². The van der Waals surface area contributed by atoms with Gasteiger partial charge in [-0.25, -0.2) is 0 Å². The summed E-state index contributed by atoms with van der Waals surface area (Å²) in [4.78, 5) is 12.3. The molecule has 0 saturated heterocycles. The summed E-state index contributed by atoms with van der Waals surface area (Å²) in [5.74, 6) is 0.499. The number of carbonyl (C=O) groups excluding carboxylic acids is 1. The summed E-state index contributed by atoms with van der Waals surface area (Å²) in [6.07, 6.45) is 4.61. The van der Waals surface area contributed by atoms with Crippen LogP contribution in [0.5, 0.6) is 0 Å². The van der Waals surface area contributed by atoms with Crippen molar-refractivity contribution in [2.75, 3.05) is 7.11 Å². The number of hydrogen-bond acceptors (Lipinski definition) is 3. The van der Waals surface area contributed by atoms with E-state index in [0.29, 0.717) is 10.8 Å². The predicted molar refractivity (Wildman–Crippen MR) is 80.8 cm³/mol. The molecule has 0 aliphatic rings. The number of ketones is 1.